The van der Waals surface area contributed by atoms with Crippen molar-refractivity contribution in [3.05, 3.63) is 50.3 Å². The number of fused-ring (bicyclic) bond motifs is 1. The van der Waals surface area contributed by atoms with E-state index in [4.69, 9.17) is 0 Å². The minimum absolute atomic E-state index is 0.143. The summed E-state index contributed by atoms with van der Waals surface area (Å²) in [5.74, 6) is 0.143. The molecule has 30 heavy (non-hydrogen) atoms. The Labute approximate surface area is 181 Å². The molecule has 0 bridgehead atoms. The van der Waals surface area contributed by atoms with Crippen LogP contribution in [0.25, 0.3) is 11.6 Å². The van der Waals surface area contributed by atoms with Gasteiger partial charge in [0.25, 0.3) is 5.91 Å². The van der Waals surface area contributed by atoms with Crippen LogP contribution < -0.4 is 4.90 Å². The Morgan fingerprint density at radius 1 is 0.800 bits per heavy atom. The number of amides is 1. The van der Waals surface area contributed by atoms with Crippen molar-refractivity contribution in [3.63, 3.8) is 0 Å². The first-order valence-electron chi connectivity index (χ1n) is 11.1. The van der Waals surface area contributed by atoms with Crippen LogP contribution in [0.4, 0.5) is 5.69 Å². The molecular weight excluding hydrogens is 370 g/mol. The van der Waals surface area contributed by atoms with E-state index in [1.165, 1.54) is 51.9 Å². The second-order valence-electron chi connectivity index (χ2n) is 9.26. The molecule has 2 aliphatic heterocycles. The third kappa shape index (κ3) is 2.96. The Bertz CT molecular complexity index is 1060. The maximum Gasteiger partial charge on any atom is 0.260 e. The van der Waals surface area contributed by atoms with Crippen LogP contribution in [0.15, 0.2) is 0 Å². The average Bonchev–Trinajstić information content (AvgIpc) is 3.38. The van der Waals surface area contributed by atoms with E-state index in [9.17, 15) is 4.79 Å². The Morgan fingerprint density at radius 2 is 1.40 bits per heavy atom. The third-order valence-corrected chi connectivity index (χ3v) is 7.84. The molecule has 160 valence electrons. The molecule has 4 rings (SSSR count). The lowest BCUT2D eigenvalue weighted by Crippen LogP contribution is -2.38. The molecule has 3 heterocycles. The van der Waals surface area contributed by atoms with Crippen molar-refractivity contribution in [1.29, 1.82) is 0 Å². The molecule has 1 aromatic carbocycles. The molecule has 2 aromatic rings. The summed E-state index contributed by atoms with van der Waals surface area (Å²) in [6.07, 6.45) is 4.59. The number of aromatic nitrogens is 1. The lowest BCUT2D eigenvalue weighted by molar-refractivity contribution is -0.113. The number of hydrogen-bond acceptors (Lipinski definition) is 2. The highest BCUT2D eigenvalue weighted by Crippen LogP contribution is 2.45. The number of carbonyl (C=O) groups is 1. The number of carbonyl (C=O) groups excluding carboxylic acids is 1. The summed E-state index contributed by atoms with van der Waals surface area (Å²) in [6.45, 7) is 18.1. The smallest absolute Gasteiger partial charge is 0.260 e. The van der Waals surface area contributed by atoms with E-state index in [0.29, 0.717) is 6.67 Å². The van der Waals surface area contributed by atoms with E-state index in [2.05, 4.69) is 71.1 Å². The molecule has 4 heteroatoms. The zero-order chi connectivity index (χ0) is 21.9. The van der Waals surface area contributed by atoms with Crippen LogP contribution in [-0.4, -0.2) is 35.1 Å². The van der Waals surface area contributed by atoms with Crippen LogP contribution in [0, 0.1) is 48.5 Å². The van der Waals surface area contributed by atoms with Crippen LogP contribution in [0.5, 0.6) is 0 Å². The minimum Gasteiger partial charge on any atom is -0.348 e. The minimum atomic E-state index is 0.143. The van der Waals surface area contributed by atoms with Crippen molar-refractivity contribution in [2.24, 2.45) is 7.05 Å². The van der Waals surface area contributed by atoms with Gasteiger partial charge in [0, 0.05) is 24.0 Å². The molecule has 0 N–H and O–H groups in total. The number of rotatable bonds is 3. The summed E-state index contributed by atoms with van der Waals surface area (Å²) in [5, 5.41) is 0. The summed E-state index contributed by atoms with van der Waals surface area (Å²) in [4.78, 5) is 18.3. The predicted octanol–water partition coefficient (Wildman–Crippen LogP) is 5.12. The number of hydrogen-bond donors (Lipinski definition) is 0. The molecule has 0 unspecified atom stereocenters. The van der Waals surface area contributed by atoms with Crippen LogP contribution in [0.3, 0.4) is 0 Å². The van der Waals surface area contributed by atoms with Crippen molar-refractivity contribution in [2.75, 3.05) is 24.7 Å². The van der Waals surface area contributed by atoms with E-state index in [1.807, 2.05) is 4.90 Å². The van der Waals surface area contributed by atoms with Crippen molar-refractivity contribution in [1.82, 2.24) is 9.47 Å². The molecule has 4 nitrogen and oxygen atoms in total. The predicted molar refractivity (Wildman–Crippen MR) is 126 cm³/mol. The molecule has 1 aromatic heterocycles. The fourth-order valence-corrected chi connectivity index (χ4v) is 5.20. The van der Waals surface area contributed by atoms with E-state index < -0.39 is 0 Å². The molecule has 2 aliphatic rings. The molecule has 1 fully saturated rings. The normalized spacial score (nSPS) is 18.2. The quantitative estimate of drug-likeness (QED) is 0.663. The van der Waals surface area contributed by atoms with Crippen LogP contribution in [0.2, 0.25) is 0 Å². The highest BCUT2D eigenvalue weighted by molar-refractivity contribution is 6.36. The lowest BCUT2D eigenvalue weighted by Gasteiger charge is -2.26. The zero-order valence-corrected chi connectivity index (χ0v) is 19.9. The van der Waals surface area contributed by atoms with E-state index in [0.717, 1.165) is 35.6 Å². The number of benzene rings is 1. The number of anilines is 1. The van der Waals surface area contributed by atoms with Gasteiger partial charge in [0.05, 0.1) is 17.9 Å². The Balaban J connectivity index is 1.94. The maximum atomic E-state index is 13.8. The fraction of sp³-hybridized carbons (Fsp3) is 0.500. The highest BCUT2D eigenvalue weighted by Gasteiger charge is 2.37. The standard InChI is InChI=1S/C26H35N3O/c1-15-16(2)20(6)25-24(19(15)5)22(13-23-18(4)17(3)21(7)27(23)8)26(30)29(25)14-28-11-9-10-12-28/h13H,9-12,14H2,1-8H3. The number of likely N-dealkylation sites (tertiary alicyclic amines) is 1. The van der Waals surface area contributed by atoms with Gasteiger partial charge in [-0.05, 0) is 114 Å². The topological polar surface area (TPSA) is 28.5 Å². The van der Waals surface area contributed by atoms with Gasteiger partial charge in [0.2, 0.25) is 0 Å². The number of nitrogens with zero attached hydrogens (tertiary/aromatic N) is 3. The van der Waals surface area contributed by atoms with Crippen molar-refractivity contribution >= 4 is 23.2 Å². The van der Waals surface area contributed by atoms with E-state index in [-0.39, 0.29) is 5.91 Å². The largest absolute Gasteiger partial charge is 0.348 e. The summed E-state index contributed by atoms with van der Waals surface area (Å²) in [6, 6.07) is 0. The summed E-state index contributed by atoms with van der Waals surface area (Å²) in [7, 11) is 2.10. The second kappa shape index (κ2) is 7.42. The Kier molecular flexibility index (Phi) is 5.17. The summed E-state index contributed by atoms with van der Waals surface area (Å²) >= 11 is 0. The first kappa shape index (κ1) is 20.9. The van der Waals surface area contributed by atoms with Crippen LogP contribution in [-0.2, 0) is 11.8 Å². The van der Waals surface area contributed by atoms with Gasteiger partial charge in [-0.2, -0.15) is 0 Å². The van der Waals surface area contributed by atoms with Gasteiger partial charge >= 0.3 is 0 Å². The molecule has 0 spiro atoms. The van der Waals surface area contributed by atoms with Crippen LogP contribution in [0.1, 0.15) is 63.2 Å². The molecule has 0 radical (unpaired) electrons. The third-order valence-electron chi connectivity index (χ3n) is 7.84. The van der Waals surface area contributed by atoms with Crippen LogP contribution >= 0.6 is 0 Å². The molecule has 1 saturated heterocycles. The van der Waals surface area contributed by atoms with Gasteiger partial charge in [-0.3, -0.25) is 14.6 Å². The fourth-order valence-electron chi connectivity index (χ4n) is 5.20. The Hall–Kier alpha value is -2.33. The second-order valence-corrected chi connectivity index (χ2v) is 9.26. The van der Waals surface area contributed by atoms with Gasteiger partial charge in [0.1, 0.15) is 0 Å². The van der Waals surface area contributed by atoms with Gasteiger partial charge in [-0.15, -0.1) is 0 Å². The first-order chi connectivity index (χ1) is 14.1. The SMILES string of the molecule is Cc1c(C)c(C)c2c(c1C)C(=Cc1c(C)c(C)c(C)n1C)C(=O)N2CN1CCCC1. The Morgan fingerprint density at radius 3 is 1.97 bits per heavy atom. The van der Waals surface area contributed by atoms with Gasteiger partial charge in [-0.1, -0.05) is 0 Å². The van der Waals surface area contributed by atoms with Crippen molar-refractivity contribution in [2.45, 2.75) is 61.3 Å². The highest BCUT2D eigenvalue weighted by atomic mass is 16.2. The van der Waals surface area contributed by atoms with Gasteiger partial charge in [0.15, 0.2) is 0 Å². The molecule has 0 saturated carbocycles. The van der Waals surface area contributed by atoms with E-state index in [1.54, 1.807) is 0 Å². The first-order valence-corrected chi connectivity index (χ1v) is 11.1. The summed E-state index contributed by atoms with van der Waals surface area (Å²) in [5.41, 5.74) is 13.1. The van der Waals surface area contributed by atoms with Crippen molar-refractivity contribution < 1.29 is 4.79 Å². The van der Waals surface area contributed by atoms with Crippen molar-refractivity contribution in [3.8, 4) is 0 Å². The summed E-state index contributed by atoms with van der Waals surface area (Å²) < 4.78 is 2.22. The lowest BCUT2D eigenvalue weighted by atomic mass is 9.90. The molecule has 0 atom stereocenters. The van der Waals surface area contributed by atoms with E-state index >= 15 is 0 Å². The molecule has 1 amide bonds. The average molecular weight is 406 g/mol. The molecular formula is C26H35N3O. The van der Waals surface area contributed by atoms with Gasteiger partial charge in [-0.25, -0.2) is 0 Å². The monoisotopic (exact) mass is 405 g/mol. The zero-order valence-electron chi connectivity index (χ0n) is 19.9. The maximum absolute atomic E-state index is 13.8. The molecule has 0 aliphatic carbocycles. The van der Waals surface area contributed by atoms with Gasteiger partial charge < -0.3 is 4.57 Å².